The van der Waals surface area contributed by atoms with E-state index in [0.717, 1.165) is 38.7 Å². The summed E-state index contributed by atoms with van der Waals surface area (Å²) in [6.45, 7) is 4.54. The minimum absolute atomic E-state index is 0.000164. The van der Waals surface area contributed by atoms with Gasteiger partial charge in [0.15, 0.2) is 0 Å². The Hall–Kier alpha value is -1.75. The summed E-state index contributed by atoms with van der Waals surface area (Å²) in [4.78, 5) is 12.6. The maximum Gasteiger partial charge on any atom is 0.273 e. The molecule has 1 N–H and O–H groups in total. The highest BCUT2D eigenvalue weighted by atomic mass is 32.2. The zero-order valence-electron chi connectivity index (χ0n) is 14.1. The molecule has 0 aliphatic carbocycles. The Bertz CT molecular complexity index is 748. The van der Waals surface area contributed by atoms with Crippen molar-refractivity contribution >= 4 is 15.7 Å². The summed E-state index contributed by atoms with van der Waals surface area (Å²) in [5, 5.41) is 14.2. The molecule has 0 saturated carbocycles. The van der Waals surface area contributed by atoms with Gasteiger partial charge in [-0.2, -0.15) is 4.31 Å². The van der Waals surface area contributed by atoms with E-state index in [9.17, 15) is 18.5 Å². The minimum atomic E-state index is -3.75. The first-order valence-electron chi connectivity index (χ1n) is 8.21. The second-order valence-corrected chi connectivity index (χ2v) is 8.09. The predicted molar refractivity (Wildman–Crippen MR) is 91.3 cm³/mol. The number of hydrogen-bond acceptors (Lipinski definition) is 7. The van der Waals surface area contributed by atoms with Crippen LogP contribution >= 0.6 is 0 Å². The number of benzene rings is 1. The smallest absolute Gasteiger partial charge is 0.273 e. The van der Waals surface area contributed by atoms with Gasteiger partial charge in [0.05, 0.1) is 18.1 Å². The molecule has 9 nitrogen and oxygen atoms in total. The van der Waals surface area contributed by atoms with Gasteiger partial charge in [0.25, 0.3) is 5.69 Å². The van der Waals surface area contributed by atoms with Crippen LogP contribution in [-0.4, -0.2) is 75.0 Å². The molecule has 2 fully saturated rings. The van der Waals surface area contributed by atoms with Crippen LogP contribution in [0.3, 0.4) is 0 Å². The average Bonchev–Trinajstić information content (AvgIpc) is 3.13. The van der Waals surface area contributed by atoms with E-state index in [1.807, 2.05) is 0 Å². The number of sulfonamides is 1. The van der Waals surface area contributed by atoms with Gasteiger partial charge in [0, 0.05) is 51.4 Å². The Balaban J connectivity index is 1.81. The van der Waals surface area contributed by atoms with Gasteiger partial charge in [0.1, 0.15) is 10.6 Å². The summed E-state index contributed by atoms with van der Waals surface area (Å²) in [6.07, 6.45) is 0.786. The van der Waals surface area contributed by atoms with Gasteiger partial charge in [-0.3, -0.25) is 15.0 Å². The molecular formula is C15H22N4O5S. The first-order chi connectivity index (χ1) is 11.9. The monoisotopic (exact) mass is 370 g/mol. The van der Waals surface area contributed by atoms with Crippen LogP contribution < -0.4 is 10.1 Å². The molecule has 2 saturated heterocycles. The quantitative estimate of drug-likeness (QED) is 0.586. The van der Waals surface area contributed by atoms with E-state index in [1.165, 1.54) is 23.5 Å². The lowest BCUT2D eigenvalue weighted by Gasteiger charge is -2.32. The number of nitro benzene ring substituents is 1. The van der Waals surface area contributed by atoms with Crippen molar-refractivity contribution in [3.8, 4) is 5.75 Å². The standard InChI is InChI=1S/C15H22N4O5S/c1-24-14-10-12(19(20)21)2-3-15(14)25(22,23)18-7-4-13(11-18)17-8-5-16-6-9-17/h2-3,10,13,16H,4-9,11H2,1H3. The van der Waals surface area contributed by atoms with Crippen molar-refractivity contribution in [3.05, 3.63) is 28.3 Å². The zero-order chi connectivity index (χ0) is 18.0. The summed E-state index contributed by atoms with van der Waals surface area (Å²) in [6, 6.07) is 3.81. The van der Waals surface area contributed by atoms with E-state index in [0.29, 0.717) is 13.1 Å². The van der Waals surface area contributed by atoms with Crippen molar-refractivity contribution in [3.63, 3.8) is 0 Å². The highest BCUT2D eigenvalue weighted by Crippen LogP contribution is 2.32. The lowest BCUT2D eigenvalue weighted by Crippen LogP contribution is -2.49. The molecule has 0 amide bonds. The van der Waals surface area contributed by atoms with Crippen LogP contribution in [0.5, 0.6) is 5.75 Å². The third-order valence-electron chi connectivity index (χ3n) is 4.77. The van der Waals surface area contributed by atoms with E-state index in [2.05, 4.69) is 10.2 Å². The Kier molecular flexibility index (Phi) is 5.23. The van der Waals surface area contributed by atoms with E-state index in [4.69, 9.17) is 4.74 Å². The number of nitrogens with one attached hydrogen (secondary N) is 1. The fourth-order valence-corrected chi connectivity index (χ4v) is 5.03. The van der Waals surface area contributed by atoms with Crippen LogP contribution in [0.4, 0.5) is 5.69 Å². The number of piperazine rings is 1. The van der Waals surface area contributed by atoms with E-state index in [-0.39, 0.29) is 22.4 Å². The molecule has 25 heavy (non-hydrogen) atoms. The number of methoxy groups -OCH3 is 1. The van der Waals surface area contributed by atoms with Crippen molar-refractivity contribution in [1.82, 2.24) is 14.5 Å². The molecule has 2 aliphatic heterocycles. The maximum absolute atomic E-state index is 13.0. The lowest BCUT2D eigenvalue weighted by atomic mass is 10.2. The van der Waals surface area contributed by atoms with Gasteiger partial charge in [-0.15, -0.1) is 0 Å². The highest BCUT2D eigenvalue weighted by Gasteiger charge is 2.37. The van der Waals surface area contributed by atoms with E-state index in [1.54, 1.807) is 0 Å². The third-order valence-corrected chi connectivity index (χ3v) is 6.67. The fraction of sp³-hybridized carbons (Fsp3) is 0.600. The van der Waals surface area contributed by atoms with Crippen LogP contribution in [0.15, 0.2) is 23.1 Å². The van der Waals surface area contributed by atoms with Gasteiger partial charge in [-0.25, -0.2) is 8.42 Å². The van der Waals surface area contributed by atoms with Crippen LogP contribution in [0, 0.1) is 10.1 Å². The van der Waals surface area contributed by atoms with Crippen molar-refractivity contribution in [2.45, 2.75) is 17.4 Å². The summed E-state index contributed by atoms with van der Waals surface area (Å²) >= 11 is 0. The fourth-order valence-electron chi connectivity index (χ4n) is 3.40. The molecule has 1 unspecified atom stereocenters. The second kappa shape index (κ2) is 7.24. The molecule has 0 aromatic heterocycles. The van der Waals surface area contributed by atoms with Crippen LogP contribution in [0.1, 0.15) is 6.42 Å². The molecule has 1 aromatic rings. The Morgan fingerprint density at radius 3 is 2.64 bits per heavy atom. The normalized spacial score (nSPS) is 22.8. The summed E-state index contributed by atoms with van der Waals surface area (Å²) in [7, 11) is -2.44. The second-order valence-electron chi connectivity index (χ2n) is 6.18. The number of non-ortho nitro benzene ring substituents is 1. The molecule has 0 spiro atoms. The number of hydrogen-bond donors (Lipinski definition) is 1. The van der Waals surface area contributed by atoms with Gasteiger partial charge in [-0.1, -0.05) is 0 Å². The number of ether oxygens (including phenoxy) is 1. The molecular weight excluding hydrogens is 348 g/mol. The molecule has 2 aliphatic rings. The molecule has 1 aromatic carbocycles. The molecule has 1 atom stereocenters. The zero-order valence-corrected chi connectivity index (χ0v) is 14.9. The minimum Gasteiger partial charge on any atom is -0.495 e. The van der Waals surface area contributed by atoms with Crippen molar-refractivity contribution in [2.24, 2.45) is 0 Å². The average molecular weight is 370 g/mol. The molecule has 0 bridgehead atoms. The number of nitro groups is 1. The SMILES string of the molecule is COc1cc([N+](=O)[O-])ccc1S(=O)(=O)N1CCC(N2CCNCC2)C1. The lowest BCUT2D eigenvalue weighted by molar-refractivity contribution is -0.385. The molecule has 138 valence electrons. The molecule has 0 radical (unpaired) electrons. The first-order valence-corrected chi connectivity index (χ1v) is 9.65. The molecule has 10 heteroatoms. The third kappa shape index (κ3) is 3.61. The van der Waals surface area contributed by atoms with Gasteiger partial charge in [-0.05, 0) is 12.5 Å². The van der Waals surface area contributed by atoms with Gasteiger partial charge < -0.3 is 10.1 Å². The largest absolute Gasteiger partial charge is 0.495 e. The Morgan fingerprint density at radius 2 is 2.00 bits per heavy atom. The van der Waals surface area contributed by atoms with Gasteiger partial charge in [0.2, 0.25) is 10.0 Å². The number of rotatable bonds is 5. The summed E-state index contributed by atoms with van der Waals surface area (Å²) < 4.78 is 32.5. The number of nitrogens with zero attached hydrogens (tertiary/aromatic N) is 3. The predicted octanol–water partition coefficient (Wildman–Crippen LogP) is 0.272. The molecule has 2 heterocycles. The Morgan fingerprint density at radius 1 is 1.28 bits per heavy atom. The first kappa shape index (κ1) is 18.1. The molecule has 3 rings (SSSR count). The maximum atomic E-state index is 13.0. The van der Waals surface area contributed by atoms with Crippen molar-refractivity contribution in [2.75, 3.05) is 46.4 Å². The summed E-state index contributed by atoms with van der Waals surface area (Å²) in [5.41, 5.74) is -0.198. The van der Waals surface area contributed by atoms with Crippen LogP contribution in [0.25, 0.3) is 0 Å². The topological polar surface area (TPSA) is 105 Å². The van der Waals surface area contributed by atoms with E-state index >= 15 is 0 Å². The summed E-state index contributed by atoms with van der Waals surface area (Å²) in [5.74, 6) is -0.000164. The van der Waals surface area contributed by atoms with Gasteiger partial charge >= 0.3 is 0 Å². The van der Waals surface area contributed by atoms with Crippen molar-refractivity contribution in [1.29, 1.82) is 0 Å². The van der Waals surface area contributed by atoms with Crippen LogP contribution in [-0.2, 0) is 10.0 Å². The van der Waals surface area contributed by atoms with Crippen molar-refractivity contribution < 1.29 is 18.1 Å². The van der Waals surface area contributed by atoms with E-state index < -0.39 is 14.9 Å². The van der Waals surface area contributed by atoms with Crippen LogP contribution in [0.2, 0.25) is 0 Å². The Labute approximate surface area is 146 Å². The highest BCUT2D eigenvalue weighted by molar-refractivity contribution is 7.89.